The molecule has 0 radical (unpaired) electrons. The summed E-state index contributed by atoms with van der Waals surface area (Å²) in [5.41, 5.74) is 0.819. The van der Waals surface area contributed by atoms with Crippen molar-refractivity contribution in [2.24, 2.45) is 0 Å². The number of hydrogen-bond acceptors (Lipinski definition) is 5. The van der Waals surface area contributed by atoms with Gasteiger partial charge < -0.3 is 14.8 Å². The zero-order valence-corrected chi connectivity index (χ0v) is 10.8. The van der Waals surface area contributed by atoms with E-state index in [0.717, 1.165) is 17.3 Å². The first-order valence-electron chi connectivity index (χ1n) is 5.15. The van der Waals surface area contributed by atoms with E-state index < -0.39 is 0 Å². The molecule has 0 spiro atoms. The summed E-state index contributed by atoms with van der Waals surface area (Å²) in [6.45, 7) is 0. The van der Waals surface area contributed by atoms with Gasteiger partial charge in [-0.1, -0.05) is 6.07 Å². The van der Waals surface area contributed by atoms with E-state index in [0.29, 0.717) is 16.4 Å². The van der Waals surface area contributed by atoms with Crippen molar-refractivity contribution in [1.82, 2.24) is 5.32 Å². The smallest absolute Gasteiger partial charge is 0.264 e. The zero-order chi connectivity index (χ0) is 13.1. The molecule has 18 heavy (non-hydrogen) atoms. The third-order valence-electron chi connectivity index (χ3n) is 2.37. The minimum atomic E-state index is -0.250. The fourth-order valence-corrected chi connectivity index (χ4v) is 2.24. The quantitative estimate of drug-likeness (QED) is 0.817. The maximum atomic E-state index is 11.5. The molecule has 0 bridgehead atoms. The van der Waals surface area contributed by atoms with Crippen LogP contribution in [0.1, 0.15) is 5.56 Å². The number of benzene rings is 1. The van der Waals surface area contributed by atoms with Crippen LogP contribution in [0.5, 0.6) is 11.5 Å². The minimum absolute atomic E-state index is 0.145. The zero-order valence-electron chi connectivity index (χ0n) is 9.94. The van der Waals surface area contributed by atoms with Gasteiger partial charge in [0.15, 0.2) is 16.7 Å². The molecule has 0 aromatic heterocycles. The molecule has 5 nitrogen and oxygen atoms in total. The lowest BCUT2D eigenvalue weighted by atomic mass is 10.2. The lowest BCUT2D eigenvalue weighted by molar-refractivity contribution is -0.115. The number of amides is 1. The molecule has 1 aliphatic rings. The SMILES string of the molecule is COc1ccc(C=C2SC(=N)NC2=O)cc1OC. The first kappa shape index (κ1) is 12.5. The van der Waals surface area contributed by atoms with Crippen molar-refractivity contribution in [3.63, 3.8) is 0 Å². The molecule has 94 valence electrons. The number of hydrogen-bond donors (Lipinski definition) is 2. The van der Waals surface area contributed by atoms with Gasteiger partial charge in [-0.2, -0.15) is 0 Å². The summed E-state index contributed by atoms with van der Waals surface area (Å²) in [6.07, 6.45) is 1.71. The van der Waals surface area contributed by atoms with Crippen molar-refractivity contribution in [1.29, 1.82) is 5.41 Å². The van der Waals surface area contributed by atoms with Crippen LogP contribution in [0, 0.1) is 5.41 Å². The molecule has 2 N–H and O–H groups in total. The predicted octanol–water partition coefficient (Wildman–Crippen LogP) is 1.84. The molecule has 6 heteroatoms. The van der Waals surface area contributed by atoms with Crippen molar-refractivity contribution in [2.75, 3.05) is 14.2 Å². The molecule has 0 unspecified atom stereocenters. The highest BCUT2D eigenvalue weighted by Gasteiger charge is 2.22. The lowest BCUT2D eigenvalue weighted by Crippen LogP contribution is -2.18. The number of methoxy groups -OCH3 is 2. The Hall–Kier alpha value is -1.95. The van der Waals surface area contributed by atoms with E-state index >= 15 is 0 Å². The van der Waals surface area contributed by atoms with Crippen LogP contribution >= 0.6 is 11.8 Å². The molecule has 1 heterocycles. The summed E-state index contributed by atoms with van der Waals surface area (Å²) in [7, 11) is 3.12. The maximum Gasteiger partial charge on any atom is 0.264 e. The predicted molar refractivity (Wildman–Crippen MR) is 71.0 cm³/mol. The lowest BCUT2D eigenvalue weighted by Gasteiger charge is -2.07. The summed E-state index contributed by atoms with van der Waals surface area (Å²) in [4.78, 5) is 12.0. The summed E-state index contributed by atoms with van der Waals surface area (Å²) in [5.74, 6) is 0.987. The van der Waals surface area contributed by atoms with Gasteiger partial charge in [0.25, 0.3) is 5.91 Å². The molecule has 1 aliphatic heterocycles. The van der Waals surface area contributed by atoms with Gasteiger partial charge in [0.2, 0.25) is 0 Å². The van der Waals surface area contributed by atoms with Crippen molar-refractivity contribution in [3.8, 4) is 11.5 Å². The Morgan fingerprint density at radius 2 is 2.00 bits per heavy atom. The van der Waals surface area contributed by atoms with Crippen molar-refractivity contribution >= 4 is 28.9 Å². The van der Waals surface area contributed by atoms with Crippen LogP contribution in [0.4, 0.5) is 0 Å². The van der Waals surface area contributed by atoms with Crippen LogP contribution in [0.25, 0.3) is 6.08 Å². The van der Waals surface area contributed by atoms with Gasteiger partial charge in [-0.05, 0) is 35.5 Å². The second-order valence-corrected chi connectivity index (χ2v) is 4.56. The Labute approximate surface area is 109 Å². The molecule has 0 aliphatic carbocycles. The average Bonchev–Trinajstić information content (AvgIpc) is 2.67. The van der Waals surface area contributed by atoms with Crippen LogP contribution in [0.2, 0.25) is 0 Å². The number of rotatable bonds is 3. The number of amidine groups is 1. The standard InChI is InChI=1S/C12H12N2O3S/c1-16-8-4-3-7(5-9(8)17-2)6-10-11(15)14-12(13)18-10/h3-6H,1-2H3,(H2,13,14,15). The highest BCUT2D eigenvalue weighted by Crippen LogP contribution is 2.30. The maximum absolute atomic E-state index is 11.5. The van der Waals surface area contributed by atoms with Crippen LogP contribution < -0.4 is 14.8 Å². The van der Waals surface area contributed by atoms with Gasteiger partial charge in [0.1, 0.15) is 0 Å². The number of thioether (sulfide) groups is 1. The van der Waals surface area contributed by atoms with Gasteiger partial charge in [-0.3, -0.25) is 10.2 Å². The molecule has 1 saturated heterocycles. The Bertz CT molecular complexity index is 540. The molecule has 1 fully saturated rings. The molecule has 1 amide bonds. The summed E-state index contributed by atoms with van der Waals surface area (Å²) >= 11 is 1.10. The van der Waals surface area contributed by atoms with E-state index in [1.807, 2.05) is 6.07 Å². The molecular weight excluding hydrogens is 252 g/mol. The van der Waals surface area contributed by atoms with Gasteiger partial charge in [0, 0.05) is 0 Å². The second-order valence-electron chi connectivity index (χ2n) is 3.51. The summed E-state index contributed by atoms with van der Waals surface area (Å²) in [5, 5.41) is 9.93. The molecule has 2 rings (SSSR count). The number of ether oxygens (including phenoxy) is 2. The molecular formula is C12H12N2O3S. The van der Waals surface area contributed by atoms with Crippen molar-refractivity contribution in [2.45, 2.75) is 0 Å². The monoisotopic (exact) mass is 264 g/mol. The Morgan fingerprint density at radius 3 is 2.56 bits per heavy atom. The second kappa shape index (κ2) is 5.14. The van der Waals surface area contributed by atoms with E-state index in [-0.39, 0.29) is 11.1 Å². The van der Waals surface area contributed by atoms with Crippen LogP contribution in [-0.2, 0) is 4.79 Å². The van der Waals surface area contributed by atoms with Crippen LogP contribution in [-0.4, -0.2) is 25.3 Å². The van der Waals surface area contributed by atoms with Crippen LogP contribution in [0.3, 0.4) is 0 Å². The topological polar surface area (TPSA) is 71.4 Å². The van der Waals surface area contributed by atoms with Crippen LogP contribution in [0.15, 0.2) is 23.1 Å². The third kappa shape index (κ3) is 2.48. The number of carbonyl (C=O) groups excluding carboxylic acids is 1. The summed E-state index contributed by atoms with van der Waals surface area (Å²) < 4.78 is 10.3. The highest BCUT2D eigenvalue weighted by atomic mass is 32.2. The first-order chi connectivity index (χ1) is 8.63. The fraction of sp³-hybridized carbons (Fsp3) is 0.167. The molecule has 1 aromatic rings. The van der Waals surface area contributed by atoms with E-state index in [1.165, 1.54) is 0 Å². The van der Waals surface area contributed by atoms with Gasteiger partial charge >= 0.3 is 0 Å². The van der Waals surface area contributed by atoms with Crippen molar-refractivity contribution < 1.29 is 14.3 Å². The number of nitrogens with one attached hydrogen (secondary N) is 2. The summed E-state index contributed by atoms with van der Waals surface area (Å²) in [6, 6.07) is 5.37. The van der Waals surface area contributed by atoms with Gasteiger partial charge in [-0.25, -0.2) is 0 Å². The average molecular weight is 264 g/mol. The number of carbonyl (C=O) groups is 1. The van der Waals surface area contributed by atoms with Gasteiger partial charge in [0.05, 0.1) is 19.1 Å². The fourth-order valence-electron chi connectivity index (χ4n) is 1.54. The van der Waals surface area contributed by atoms with E-state index in [4.69, 9.17) is 14.9 Å². The minimum Gasteiger partial charge on any atom is -0.493 e. The van der Waals surface area contributed by atoms with E-state index in [1.54, 1.807) is 32.4 Å². The van der Waals surface area contributed by atoms with Crippen molar-refractivity contribution in [3.05, 3.63) is 28.7 Å². The third-order valence-corrected chi connectivity index (χ3v) is 3.20. The van der Waals surface area contributed by atoms with E-state index in [2.05, 4.69) is 5.32 Å². The molecule has 0 saturated carbocycles. The Balaban J connectivity index is 2.32. The molecule has 1 aromatic carbocycles. The normalized spacial score (nSPS) is 16.9. The highest BCUT2D eigenvalue weighted by molar-refractivity contribution is 8.18. The Kier molecular flexibility index (Phi) is 3.57. The van der Waals surface area contributed by atoms with Gasteiger partial charge in [-0.15, -0.1) is 0 Å². The largest absolute Gasteiger partial charge is 0.493 e. The first-order valence-corrected chi connectivity index (χ1v) is 5.97. The Morgan fingerprint density at radius 1 is 1.28 bits per heavy atom. The molecule has 0 atom stereocenters. The van der Waals surface area contributed by atoms with E-state index in [9.17, 15) is 4.79 Å².